The molecule has 0 bridgehead atoms. The van der Waals surface area contributed by atoms with E-state index in [0.717, 1.165) is 72.7 Å². The van der Waals surface area contributed by atoms with Crippen LogP contribution in [0.3, 0.4) is 0 Å². The molecule has 1 saturated heterocycles. The molecule has 0 radical (unpaired) electrons. The predicted molar refractivity (Wildman–Crippen MR) is 151 cm³/mol. The van der Waals surface area contributed by atoms with Crippen molar-refractivity contribution in [2.45, 2.75) is 25.3 Å². The van der Waals surface area contributed by atoms with Crippen LogP contribution >= 0.6 is 11.6 Å². The fourth-order valence-corrected chi connectivity index (χ4v) is 7.00. The molecule has 1 fully saturated rings. The summed E-state index contributed by atoms with van der Waals surface area (Å²) in [4.78, 5) is 7.68. The monoisotopic (exact) mass is 519 g/mol. The summed E-state index contributed by atoms with van der Waals surface area (Å²) in [6.07, 6.45) is 3.11. The summed E-state index contributed by atoms with van der Waals surface area (Å²) in [6, 6.07) is 30.2. The number of rotatable bonds is 4. The molecule has 5 nitrogen and oxygen atoms in total. The summed E-state index contributed by atoms with van der Waals surface area (Å²) in [7, 11) is 0. The number of imidazole rings is 1. The first-order valence-corrected chi connectivity index (χ1v) is 13.9. The zero-order valence-corrected chi connectivity index (χ0v) is 22.0. The van der Waals surface area contributed by atoms with E-state index in [-0.39, 0.29) is 6.04 Å². The third kappa shape index (κ3) is 3.67. The fourth-order valence-electron chi connectivity index (χ4n) is 6.75. The number of aromatic nitrogens is 2. The molecule has 5 aromatic rings. The van der Waals surface area contributed by atoms with Crippen molar-refractivity contribution < 1.29 is 9.30 Å². The van der Waals surface area contributed by atoms with Crippen molar-refractivity contribution in [2.75, 3.05) is 31.1 Å². The van der Waals surface area contributed by atoms with Gasteiger partial charge in [-0.2, -0.15) is 9.66 Å². The number of nitriles is 1. The number of piperazine rings is 1. The second-order valence-corrected chi connectivity index (χ2v) is 10.9. The highest BCUT2D eigenvalue weighted by atomic mass is 35.5. The lowest BCUT2D eigenvalue weighted by molar-refractivity contribution is -0.926. The maximum atomic E-state index is 10.1. The van der Waals surface area contributed by atoms with E-state index < -0.39 is 0 Å². The van der Waals surface area contributed by atoms with E-state index in [1.165, 1.54) is 33.0 Å². The molecule has 3 heterocycles. The van der Waals surface area contributed by atoms with Crippen LogP contribution in [0.1, 0.15) is 40.3 Å². The highest BCUT2D eigenvalue weighted by Gasteiger charge is 2.38. The van der Waals surface area contributed by atoms with Gasteiger partial charge in [-0.05, 0) is 43.0 Å². The van der Waals surface area contributed by atoms with Crippen molar-refractivity contribution in [2.24, 2.45) is 0 Å². The zero-order valence-electron chi connectivity index (χ0n) is 21.3. The maximum Gasteiger partial charge on any atom is 0.250 e. The lowest BCUT2D eigenvalue weighted by atomic mass is 9.96. The van der Waals surface area contributed by atoms with Gasteiger partial charge < -0.3 is 4.90 Å². The Bertz CT molecular complexity index is 1690. The number of hydrogen-bond acceptors (Lipinski definition) is 2. The summed E-state index contributed by atoms with van der Waals surface area (Å²) in [5.74, 6) is 1.28. The van der Waals surface area contributed by atoms with E-state index in [1.54, 1.807) is 0 Å². The largest absolute Gasteiger partial charge is 0.320 e. The van der Waals surface area contributed by atoms with E-state index >= 15 is 0 Å². The highest BCUT2D eigenvalue weighted by Crippen LogP contribution is 2.34. The second kappa shape index (κ2) is 9.47. The van der Waals surface area contributed by atoms with Crippen LogP contribution in [-0.4, -0.2) is 31.2 Å². The van der Waals surface area contributed by atoms with Gasteiger partial charge in [-0.3, -0.25) is 9.88 Å². The van der Waals surface area contributed by atoms with Crippen LogP contribution in [0.2, 0.25) is 5.02 Å². The number of para-hydroxylation sites is 2. The average molecular weight is 520 g/mol. The molecule has 0 amide bonds. The third-order valence-electron chi connectivity index (χ3n) is 8.43. The summed E-state index contributed by atoms with van der Waals surface area (Å²) >= 11 is 6.76. The number of nitrogens with zero attached hydrogens (tertiary/aromatic N) is 3. The van der Waals surface area contributed by atoms with Crippen molar-refractivity contribution in [1.82, 2.24) is 4.98 Å². The van der Waals surface area contributed by atoms with Crippen molar-refractivity contribution in [3.8, 4) is 6.07 Å². The first kappa shape index (κ1) is 23.3. The summed E-state index contributed by atoms with van der Waals surface area (Å²) in [5, 5.41) is 11.0. The molecule has 0 unspecified atom stereocenters. The van der Waals surface area contributed by atoms with E-state index in [1.807, 2.05) is 12.1 Å². The number of hydrogen-bond donors (Lipinski definition) is 2. The Morgan fingerprint density at radius 2 is 1.61 bits per heavy atom. The number of benzene rings is 3. The van der Waals surface area contributed by atoms with Crippen LogP contribution in [0, 0.1) is 11.3 Å². The number of nitrogens with one attached hydrogen (secondary N) is 2. The molecular weight excluding hydrogens is 490 g/mol. The Hall–Kier alpha value is -3.85. The molecular formula is C32H30ClN5+2. The number of aromatic amines is 1. The standard InChI is InChI=1S/C32H28ClN5/c33-27-14-5-4-11-25(27)30(22-9-2-1-3-10-22)36-17-19-37(20-18-36)32-24-13-8-12-23(24)26(21-34)31-35-28-15-6-7-16-29(28)38(31)32/h1-7,9-11,14-16,30H,8,12-13,17-20H2/p+2/t30-/m0/s1. The Morgan fingerprint density at radius 1 is 0.895 bits per heavy atom. The number of quaternary nitrogens is 1. The molecule has 3 aromatic carbocycles. The molecule has 38 heavy (non-hydrogen) atoms. The number of pyridine rings is 1. The minimum absolute atomic E-state index is 0.194. The van der Waals surface area contributed by atoms with Gasteiger partial charge in [0.2, 0.25) is 11.5 Å². The molecule has 188 valence electrons. The van der Waals surface area contributed by atoms with Crippen molar-refractivity contribution in [3.05, 3.63) is 112 Å². The minimum atomic E-state index is 0.194. The Kier molecular flexibility index (Phi) is 5.80. The lowest BCUT2D eigenvalue weighted by Crippen LogP contribution is -3.15. The van der Waals surface area contributed by atoms with Gasteiger partial charge in [0.05, 0.1) is 5.02 Å². The highest BCUT2D eigenvalue weighted by molar-refractivity contribution is 6.31. The molecule has 6 heteroatoms. The van der Waals surface area contributed by atoms with Crippen LogP contribution in [0.4, 0.5) is 5.82 Å². The van der Waals surface area contributed by atoms with Gasteiger partial charge in [0, 0.05) is 16.7 Å². The molecule has 1 atom stereocenters. The van der Waals surface area contributed by atoms with Gasteiger partial charge in [0.1, 0.15) is 54.9 Å². The fraction of sp³-hybridized carbons (Fsp3) is 0.250. The Balaban J connectivity index is 1.30. The number of H-pyrrole nitrogens is 1. The lowest BCUT2D eigenvalue weighted by Gasteiger charge is -2.36. The van der Waals surface area contributed by atoms with E-state index in [4.69, 9.17) is 11.6 Å². The Morgan fingerprint density at radius 3 is 2.39 bits per heavy atom. The first-order chi connectivity index (χ1) is 18.7. The smallest absolute Gasteiger partial charge is 0.250 e. The van der Waals surface area contributed by atoms with E-state index in [9.17, 15) is 5.26 Å². The SMILES string of the molecule is N#Cc1c2c(c(N3CC[NH+]([C@@H](c4ccccc4)c4ccccc4Cl)CC3)[n+]3c1[nH]c1ccccc13)CCC2. The van der Waals surface area contributed by atoms with Crippen molar-refractivity contribution in [3.63, 3.8) is 0 Å². The molecule has 1 aliphatic heterocycles. The van der Waals surface area contributed by atoms with Crippen LogP contribution < -0.4 is 14.2 Å². The maximum absolute atomic E-state index is 10.1. The van der Waals surface area contributed by atoms with Gasteiger partial charge in [0.25, 0.3) is 0 Å². The molecule has 7 rings (SSSR count). The summed E-state index contributed by atoms with van der Waals surface area (Å²) in [5.41, 5.74) is 9.04. The molecule has 2 N–H and O–H groups in total. The number of anilines is 1. The molecule has 0 spiro atoms. The number of halogens is 1. The Labute approximate surface area is 227 Å². The number of fused-ring (bicyclic) bond motifs is 4. The second-order valence-electron chi connectivity index (χ2n) is 10.5. The molecule has 1 aliphatic carbocycles. The van der Waals surface area contributed by atoms with Gasteiger partial charge in [-0.25, -0.2) is 0 Å². The first-order valence-electron chi connectivity index (χ1n) is 13.5. The van der Waals surface area contributed by atoms with Gasteiger partial charge in [-0.15, -0.1) is 0 Å². The van der Waals surface area contributed by atoms with Crippen LogP contribution in [0.15, 0.2) is 78.9 Å². The quantitative estimate of drug-likeness (QED) is 0.345. The van der Waals surface area contributed by atoms with Crippen LogP contribution in [0.25, 0.3) is 16.7 Å². The topological polar surface area (TPSA) is 51.4 Å². The molecule has 2 aromatic heterocycles. The zero-order chi connectivity index (χ0) is 25.6. The molecule has 0 saturated carbocycles. The normalized spacial score (nSPS) is 16.6. The van der Waals surface area contributed by atoms with E-state index in [0.29, 0.717) is 0 Å². The van der Waals surface area contributed by atoms with Crippen LogP contribution in [0.5, 0.6) is 0 Å². The molecule has 2 aliphatic rings. The summed E-state index contributed by atoms with van der Waals surface area (Å²) < 4.78 is 2.33. The summed E-state index contributed by atoms with van der Waals surface area (Å²) in [6.45, 7) is 3.90. The van der Waals surface area contributed by atoms with Crippen molar-refractivity contribution >= 4 is 34.1 Å². The van der Waals surface area contributed by atoms with Gasteiger partial charge >= 0.3 is 0 Å². The average Bonchev–Trinajstić information content (AvgIpc) is 3.59. The van der Waals surface area contributed by atoms with Crippen LogP contribution in [-0.2, 0) is 12.8 Å². The third-order valence-corrected chi connectivity index (χ3v) is 8.78. The predicted octanol–water partition coefficient (Wildman–Crippen LogP) is 4.41. The van der Waals surface area contributed by atoms with Gasteiger partial charge in [0.15, 0.2) is 0 Å². The van der Waals surface area contributed by atoms with E-state index in [2.05, 4.69) is 87.1 Å². The van der Waals surface area contributed by atoms with Crippen molar-refractivity contribution in [1.29, 1.82) is 5.26 Å². The minimum Gasteiger partial charge on any atom is -0.320 e. The van der Waals surface area contributed by atoms with Gasteiger partial charge in [-0.1, -0.05) is 72.3 Å².